The quantitative estimate of drug-likeness (QED) is 0.0764. The number of nitro groups is 1. The lowest BCUT2D eigenvalue weighted by molar-refractivity contribution is -0.384. The Balaban J connectivity index is 0.899. The molecule has 1 aliphatic carbocycles. The van der Waals surface area contributed by atoms with Crippen LogP contribution in [0.2, 0.25) is 0 Å². The van der Waals surface area contributed by atoms with E-state index >= 15 is 0 Å². The number of aromatic nitrogens is 3. The van der Waals surface area contributed by atoms with E-state index in [9.17, 15) is 23.3 Å². The molecule has 1 atom stereocenters. The Kier molecular flexibility index (Phi) is 11.9. The zero-order chi connectivity index (χ0) is 43.9. The number of hydrogen-bond acceptors (Lipinski definition) is 12. The summed E-state index contributed by atoms with van der Waals surface area (Å²) >= 11 is 0. The molecule has 1 spiro atoms. The zero-order valence-electron chi connectivity index (χ0n) is 36.3. The largest absolute Gasteiger partial charge is 0.453 e. The Morgan fingerprint density at radius 3 is 2.52 bits per heavy atom. The van der Waals surface area contributed by atoms with Gasteiger partial charge < -0.3 is 24.8 Å². The minimum Gasteiger partial charge on any atom is -0.453 e. The number of piperidine rings is 2. The Labute approximate surface area is 368 Å². The van der Waals surface area contributed by atoms with E-state index in [0.717, 1.165) is 75.5 Å². The van der Waals surface area contributed by atoms with Gasteiger partial charge in [0, 0.05) is 55.4 Å². The fourth-order valence-electron chi connectivity index (χ4n) is 10.4. The molecule has 63 heavy (non-hydrogen) atoms. The molecule has 6 heterocycles. The third-order valence-corrected chi connectivity index (χ3v) is 15.4. The summed E-state index contributed by atoms with van der Waals surface area (Å²) in [6.45, 7) is 9.77. The van der Waals surface area contributed by atoms with Crippen LogP contribution in [0.15, 0.2) is 84.1 Å². The van der Waals surface area contributed by atoms with Crippen LogP contribution in [0.1, 0.15) is 98.8 Å². The van der Waals surface area contributed by atoms with Gasteiger partial charge in [0.05, 0.1) is 27.9 Å². The van der Waals surface area contributed by atoms with Gasteiger partial charge in [0.25, 0.3) is 21.6 Å². The van der Waals surface area contributed by atoms with Crippen molar-refractivity contribution in [2.45, 2.75) is 88.1 Å². The minimum absolute atomic E-state index is 0.0575. The lowest BCUT2D eigenvalue weighted by Gasteiger charge is -2.56. The summed E-state index contributed by atoms with van der Waals surface area (Å²) in [6.07, 6.45) is 13.7. The molecule has 9 rings (SSSR count). The number of anilines is 2. The first-order chi connectivity index (χ1) is 30.3. The van der Waals surface area contributed by atoms with E-state index in [2.05, 4.69) is 84.9 Å². The molecule has 1 amide bonds. The molecule has 3 aromatic heterocycles. The molecule has 16 heteroatoms. The van der Waals surface area contributed by atoms with E-state index in [1.165, 1.54) is 55.1 Å². The maximum absolute atomic E-state index is 13.9. The first-order valence-electron chi connectivity index (χ1n) is 22.3. The molecule has 2 aromatic carbocycles. The monoisotopic (exact) mass is 875 g/mol. The number of pyridine rings is 2. The smallest absolute Gasteiger partial charge is 0.293 e. The van der Waals surface area contributed by atoms with Gasteiger partial charge in [-0.1, -0.05) is 38.1 Å². The second kappa shape index (κ2) is 17.5. The van der Waals surface area contributed by atoms with Crippen molar-refractivity contribution in [1.82, 2.24) is 29.5 Å². The van der Waals surface area contributed by atoms with Crippen LogP contribution >= 0.6 is 0 Å². The molecule has 3 N–H and O–H groups in total. The van der Waals surface area contributed by atoms with Crippen molar-refractivity contribution in [1.29, 1.82) is 0 Å². The molecule has 5 aromatic rings. The average Bonchev–Trinajstić information content (AvgIpc) is 3.95. The number of nitrogens with zero attached hydrogens (tertiary/aromatic N) is 6. The predicted octanol–water partition coefficient (Wildman–Crippen LogP) is 8.24. The molecule has 15 nitrogen and oxygen atoms in total. The second-order valence-corrected chi connectivity index (χ2v) is 20.1. The molecule has 3 aliphatic heterocycles. The summed E-state index contributed by atoms with van der Waals surface area (Å²) in [5, 5.41) is 16.1. The minimum atomic E-state index is -4.57. The summed E-state index contributed by atoms with van der Waals surface area (Å²) in [6, 6.07) is 19.0. The van der Waals surface area contributed by atoms with Crippen molar-refractivity contribution in [3.05, 3.63) is 106 Å². The second-order valence-electron chi connectivity index (χ2n) is 18.5. The molecule has 4 fully saturated rings. The number of hydrogen-bond donors (Lipinski definition) is 3. The molecular formula is C47H57N9O6S. The third kappa shape index (κ3) is 8.98. The predicted molar refractivity (Wildman–Crippen MR) is 243 cm³/mol. The van der Waals surface area contributed by atoms with Crippen LogP contribution in [-0.4, -0.2) is 96.4 Å². The normalized spacial score (nSPS) is 20.0. The number of benzene rings is 2. The van der Waals surface area contributed by atoms with E-state index in [-0.39, 0.29) is 17.1 Å². The maximum Gasteiger partial charge on any atom is 0.293 e. The summed E-state index contributed by atoms with van der Waals surface area (Å²) in [7, 11) is -2.51. The Hall–Kier alpha value is -5.58. The number of sulfonamides is 1. The molecule has 3 saturated heterocycles. The van der Waals surface area contributed by atoms with Crippen LogP contribution in [0.3, 0.4) is 0 Å². The zero-order valence-corrected chi connectivity index (χ0v) is 37.1. The number of H-pyrrole nitrogens is 1. The number of fused-ring (bicyclic) bond motifs is 1. The van der Waals surface area contributed by atoms with Crippen molar-refractivity contribution in [3.8, 4) is 11.5 Å². The van der Waals surface area contributed by atoms with Crippen LogP contribution in [0.4, 0.5) is 17.1 Å². The van der Waals surface area contributed by atoms with Gasteiger partial charge in [0.1, 0.15) is 17.1 Å². The lowest BCUT2D eigenvalue weighted by Crippen LogP contribution is -2.55. The summed E-state index contributed by atoms with van der Waals surface area (Å²) in [5.74, 6) is 0.198. The highest BCUT2D eigenvalue weighted by molar-refractivity contribution is 7.90. The van der Waals surface area contributed by atoms with Gasteiger partial charge in [-0.3, -0.25) is 19.8 Å². The van der Waals surface area contributed by atoms with Crippen LogP contribution in [0, 0.1) is 21.4 Å². The van der Waals surface area contributed by atoms with E-state index in [1.54, 1.807) is 24.5 Å². The van der Waals surface area contributed by atoms with Crippen LogP contribution in [0.25, 0.3) is 11.0 Å². The van der Waals surface area contributed by atoms with E-state index in [4.69, 9.17) is 4.74 Å². The third-order valence-electron chi connectivity index (χ3n) is 14.0. The van der Waals surface area contributed by atoms with Gasteiger partial charge >= 0.3 is 0 Å². The van der Waals surface area contributed by atoms with Gasteiger partial charge in [0.2, 0.25) is 0 Å². The van der Waals surface area contributed by atoms with Crippen molar-refractivity contribution in [2.24, 2.45) is 11.3 Å². The number of rotatable bonds is 13. The van der Waals surface area contributed by atoms with Gasteiger partial charge in [0.15, 0.2) is 11.4 Å². The topological polar surface area (TPSA) is 179 Å². The Bertz CT molecular complexity index is 2590. The fourth-order valence-corrected chi connectivity index (χ4v) is 11.4. The number of amides is 1. The molecule has 4 aliphatic rings. The Morgan fingerprint density at radius 2 is 1.76 bits per heavy atom. The molecule has 332 valence electrons. The number of carbonyl (C=O) groups is 1. The average molecular weight is 876 g/mol. The van der Waals surface area contributed by atoms with E-state index < -0.39 is 31.4 Å². The molecular weight excluding hydrogens is 819 g/mol. The van der Waals surface area contributed by atoms with E-state index in [1.807, 2.05) is 6.07 Å². The van der Waals surface area contributed by atoms with Crippen molar-refractivity contribution < 1.29 is 22.9 Å². The maximum atomic E-state index is 13.9. The summed E-state index contributed by atoms with van der Waals surface area (Å²) in [4.78, 5) is 44.3. The van der Waals surface area contributed by atoms with E-state index in [0.29, 0.717) is 47.3 Å². The Morgan fingerprint density at radius 1 is 0.984 bits per heavy atom. The number of nitro benzene ring substituents is 1. The molecule has 1 saturated carbocycles. The van der Waals surface area contributed by atoms with Crippen molar-refractivity contribution in [3.63, 3.8) is 0 Å². The van der Waals surface area contributed by atoms with Gasteiger partial charge in [-0.2, -0.15) is 0 Å². The molecule has 0 bridgehead atoms. The number of carbonyl (C=O) groups excluding carboxylic acids is 1. The summed E-state index contributed by atoms with van der Waals surface area (Å²) in [5.41, 5.74) is 4.24. The highest BCUT2D eigenvalue weighted by Crippen LogP contribution is 2.54. The molecule has 0 radical (unpaired) electrons. The highest BCUT2D eigenvalue weighted by atomic mass is 32.2. The van der Waals surface area contributed by atoms with Gasteiger partial charge in [-0.05, 0) is 131 Å². The number of aromatic amines is 1. The van der Waals surface area contributed by atoms with Crippen molar-refractivity contribution >= 4 is 44.0 Å². The molecule has 0 unspecified atom stereocenters. The van der Waals surface area contributed by atoms with Crippen LogP contribution in [-0.2, 0) is 10.0 Å². The lowest BCUT2D eigenvalue weighted by atomic mass is 9.59. The van der Waals surface area contributed by atoms with Gasteiger partial charge in [-0.15, -0.1) is 0 Å². The number of nitrogens with one attached hydrogen (secondary N) is 3. The SMILES string of the molecule is CC(C)c1ccccc1[C@@H]1CCCN1C1CC2(CCN(c3cnc(C(=O)NS(=O)(=O)c4ccc(NCC5CCN(C)CC5)c([N+](=O)[O-])c4)c(Oc4cnc5[nH]ccc5c4)c3)CC2)C1. The number of ether oxygens (including phenoxy) is 1. The first kappa shape index (κ1) is 42.7. The van der Waals surface area contributed by atoms with Crippen LogP contribution in [0.5, 0.6) is 11.5 Å². The first-order valence-corrected chi connectivity index (χ1v) is 23.8. The fraction of sp³-hybridized carbons (Fsp3) is 0.468. The summed E-state index contributed by atoms with van der Waals surface area (Å²) < 4.78 is 35.8. The van der Waals surface area contributed by atoms with Gasteiger partial charge in [-0.25, -0.2) is 23.1 Å². The number of likely N-dealkylation sites (tertiary alicyclic amines) is 2. The van der Waals surface area contributed by atoms with Crippen molar-refractivity contribution in [2.75, 3.05) is 56.5 Å². The van der Waals surface area contributed by atoms with Crippen LogP contribution < -0.4 is 19.7 Å². The highest BCUT2D eigenvalue weighted by Gasteiger charge is 2.50. The standard InChI is InChI=1S/C47H57N9O6S/c1-31(2)38-7-4-5-8-39(38)41-9-6-18-55(41)35-26-47(27-35)15-21-54(22-16-47)34-24-43(62-36-23-33-12-17-48-45(33)51-30-36)44(50-29-34)46(57)52-63(60,61)37-10-11-40(42(25-37)56(58)59)49-28-32-13-19-53(3)20-14-32/h4-5,7-8,10-12,17,23-25,29-32,35,41,49H,6,9,13-16,18-22,26-28H2,1-3H3,(H,48,51)(H,52,57)/t41-/m0/s1.